The van der Waals surface area contributed by atoms with Crippen LogP contribution in [0.5, 0.6) is 0 Å². The molecule has 0 atom stereocenters. The van der Waals surface area contributed by atoms with E-state index in [1.807, 2.05) is 0 Å². The molecule has 2 aromatic carbocycles. The third-order valence-corrected chi connectivity index (χ3v) is 4.16. The predicted octanol–water partition coefficient (Wildman–Crippen LogP) is 1.21. The molecular formula is C14H6N8O14. The molecule has 0 saturated heterocycles. The number of carbonyl (C=O) groups is 2. The van der Waals surface area contributed by atoms with Crippen LogP contribution >= 0.6 is 0 Å². The molecule has 0 fully saturated rings. The minimum Gasteiger partial charge on any atom is -0.267 e. The quantitative estimate of drug-likeness (QED) is 0.372. The van der Waals surface area contributed by atoms with Gasteiger partial charge in [0.25, 0.3) is 11.8 Å². The molecule has 0 radical (unpaired) electrons. The number of nitrogens with zero attached hydrogens (tertiary/aromatic N) is 6. The van der Waals surface area contributed by atoms with E-state index in [-0.39, 0.29) is 0 Å². The van der Waals surface area contributed by atoms with Gasteiger partial charge in [0.1, 0.15) is 11.1 Å². The molecule has 0 aliphatic heterocycles. The zero-order valence-electron chi connectivity index (χ0n) is 16.7. The molecule has 36 heavy (non-hydrogen) atoms. The van der Waals surface area contributed by atoms with Gasteiger partial charge in [-0.2, -0.15) is 0 Å². The van der Waals surface area contributed by atoms with E-state index in [0.717, 1.165) is 0 Å². The van der Waals surface area contributed by atoms with Gasteiger partial charge in [-0.05, 0) is 12.1 Å². The highest BCUT2D eigenvalue weighted by Crippen LogP contribution is 2.40. The first-order valence-electron chi connectivity index (χ1n) is 8.51. The lowest BCUT2D eigenvalue weighted by Gasteiger charge is -2.08. The Morgan fingerprint density at radius 2 is 0.750 bits per heavy atom. The molecule has 0 bridgehead atoms. The maximum absolute atomic E-state index is 12.3. The van der Waals surface area contributed by atoms with Crippen LogP contribution in [-0.4, -0.2) is 41.4 Å². The van der Waals surface area contributed by atoms with E-state index < -0.39 is 86.6 Å². The van der Waals surface area contributed by atoms with Crippen molar-refractivity contribution in [3.63, 3.8) is 0 Å². The van der Waals surface area contributed by atoms with Crippen LogP contribution < -0.4 is 10.9 Å². The fraction of sp³-hybridized carbons (Fsp3) is 0. The SMILES string of the molecule is O=C(NNC(=O)c1ccc([N+](=O)[O-])c([N+](=O)[O-])c1[N+](=O)[O-])c1ccc([N+](=O)[O-])c([N+](=O)[O-])c1[N+](=O)[O-]. The first-order valence-corrected chi connectivity index (χ1v) is 8.51. The van der Waals surface area contributed by atoms with E-state index in [2.05, 4.69) is 0 Å². The number of hydrogen-bond donors (Lipinski definition) is 2. The van der Waals surface area contributed by atoms with Crippen LogP contribution in [0.3, 0.4) is 0 Å². The zero-order chi connectivity index (χ0) is 27.5. The third-order valence-electron chi connectivity index (χ3n) is 4.16. The average molecular weight is 510 g/mol. The third kappa shape index (κ3) is 4.75. The highest BCUT2D eigenvalue weighted by Gasteiger charge is 2.42. The summed E-state index contributed by atoms with van der Waals surface area (Å²) in [6.45, 7) is 0. The Kier molecular flexibility index (Phi) is 7.04. The molecule has 0 aliphatic rings. The van der Waals surface area contributed by atoms with Gasteiger partial charge < -0.3 is 0 Å². The summed E-state index contributed by atoms with van der Waals surface area (Å²) in [4.78, 5) is 83.0. The van der Waals surface area contributed by atoms with E-state index >= 15 is 0 Å². The molecule has 0 aromatic heterocycles. The number of rotatable bonds is 8. The Morgan fingerprint density at radius 3 is 0.972 bits per heavy atom. The van der Waals surface area contributed by atoms with E-state index in [0.29, 0.717) is 24.3 Å². The Bertz CT molecular complexity index is 1300. The summed E-state index contributed by atoms with van der Waals surface area (Å²) in [6.07, 6.45) is 0. The molecule has 0 spiro atoms. The van der Waals surface area contributed by atoms with E-state index in [9.17, 15) is 70.3 Å². The van der Waals surface area contributed by atoms with Crippen LogP contribution in [-0.2, 0) is 0 Å². The van der Waals surface area contributed by atoms with Crippen LogP contribution in [0.15, 0.2) is 24.3 Å². The summed E-state index contributed by atoms with van der Waals surface area (Å²) in [5, 5.41) is 66.9. The molecule has 186 valence electrons. The fourth-order valence-corrected chi connectivity index (χ4v) is 2.78. The molecule has 0 saturated carbocycles. The van der Waals surface area contributed by atoms with Crippen molar-refractivity contribution < 1.29 is 39.1 Å². The zero-order valence-corrected chi connectivity index (χ0v) is 16.7. The summed E-state index contributed by atoms with van der Waals surface area (Å²) in [6, 6.07) is 1.69. The number of nitro benzene ring substituents is 6. The lowest BCUT2D eigenvalue weighted by atomic mass is 10.1. The van der Waals surface area contributed by atoms with Crippen molar-refractivity contribution >= 4 is 45.9 Å². The molecule has 0 unspecified atom stereocenters. The largest absolute Gasteiger partial charge is 0.423 e. The predicted molar refractivity (Wildman–Crippen MR) is 108 cm³/mol. The second-order valence-electron chi connectivity index (χ2n) is 6.11. The van der Waals surface area contributed by atoms with Gasteiger partial charge in [0.15, 0.2) is 0 Å². The van der Waals surface area contributed by atoms with Crippen LogP contribution in [0.4, 0.5) is 34.1 Å². The summed E-state index contributed by atoms with van der Waals surface area (Å²) >= 11 is 0. The topological polar surface area (TPSA) is 317 Å². The number of carbonyl (C=O) groups excluding carboxylic acids is 2. The molecule has 22 nitrogen and oxygen atoms in total. The summed E-state index contributed by atoms with van der Waals surface area (Å²) < 4.78 is 0. The van der Waals surface area contributed by atoms with Gasteiger partial charge in [0.2, 0.25) is 0 Å². The van der Waals surface area contributed by atoms with E-state index in [4.69, 9.17) is 0 Å². The normalized spacial score (nSPS) is 10.1. The van der Waals surface area contributed by atoms with Gasteiger partial charge in [-0.25, -0.2) is 0 Å². The molecular weight excluding hydrogens is 504 g/mol. The minimum atomic E-state index is -1.66. The Morgan fingerprint density at radius 1 is 0.472 bits per heavy atom. The van der Waals surface area contributed by atoms with Gasteiger partial charge >= 0.3 is 34.1 Å². The van der Waals surface area contributed by atoms with Crippen molar-refractivity contribution in [2.24, 2.45) is 0 Å². The standard InChI is InChI=1S/C14H6N8O14/c23-13(5-1-3-7(17(25)26)11(21(33)34)9(5)19(29)30)15-16-14(24)6-2-4-8(18(27)28)12(22(35)36)10(6)20(31)32/h1-4H,(H,15,23)(H,16,24). The van der Waals surface area contributed by atoms with Crippen LogP contribution in [0.25, 0.3) is 0 Å². The molecule has 2 rings (SSSR count). The van der Waals surface area contributed by atoms with Gasteiger partial charge in [-0.3, -0.25) is 81.1 Å². The van der Waals surface area contributed by atoms with Crippen molar-refractivity contribution in [1.29, 1.82) is 0 Å². The number of nitrogens with one attached hydrogen (secondary N) is 2. The smallest absolute Gasteiger partial charge is 0.267 e. The number of amides is 2. The van der Waals surface area contributed by atoms with Gasteiger partial charge in [-0.15, -0.1) is 0 Å². The highest BCUT2D eigenvalue weighted by atomic mass is 16.7. The molecule has 0 heterocycles. The maximum atomic E-state index is 12.3. The van der Waals surface area contributed by atoms with Crippen LogP contribution in [0.2, 0.25) is 0 Å². The molecule has 2 aromatic rings. The number of hydrazine groups is 1. The van der Waals surface area contributed by atoms with Crippen molar-refractivity contribution in [2.45, 2.75) is 0 Å². The summed E-state index contributed by atoms with van der Waals surface area (Å²) in [5.74, 6) is -3.32. The van der Waals surface area contributed by atoms with Gasteiger partial charge in [0, 0.05) is 12.1 Å². The number of benzene rings is 2. The van der Waals surface area contributed by atoms with Crippen molar-refractivity contribution in [3.8, 4) is 0 Å². The Hall–Kier alpha value is -6.22. The minimum absolute atomic E-state index is 0.395. The van der Waals surface area contributed by atoms with E-state index in [1.54, 1.807) is 0 Å². The average Bonchev–Trinajstić information content (AvgIpc) is 2.79. The van der Waals surface area contributed by atoms with Crippen LogP contribution in [0, 0.1) is 60.7 Å². The van der Waals surface area contributed by atoms with Crippen molar-refractivity contribution in [3.05, 3.63) is 96.1 Å². The molecule has 2 amide bonds. The Balaban J connectivity index is 2.51. The number of nitro groups is 6. The monoisotopic (exact) mass is 510 g/mol. The van der Waals surface area contributed by atoms with Crippen LogP contribution in [0.1, 0.15) is 20.7 Å². The lowest BCUT2D eigenvalue weighted by molar-refractivity contribution is -0.441. The van der Waals surface area contributed by atoms with Gasteiger partial charge in [-0.1, -0.05) is 0 Å². The van der Waals surface area contributed by atoms with Crippen molar-refractivity contribution in [2.75, 3.05) is 0 Å². The van der Waals surface area contributed by atoms with Gasteiger partial charge in [0.05, 0.1) is 29.5 Å². The highest BCUT2D eigenvalue weighted by molar-refractivity contribution is 6.05. The fourth-order valence-electron chi connectivity index (χ4n) is 2.78. The van der Waals surface area contributed by atoms with E-state index in [1.165, 1.54) is 10.9 Å². The maximum Gasteiger partial charge on any atom is 0.423 e. The summed E-state index contributed by atoms with van der Waals surface area (Å²) in [7, 11) is 0. The molecule has 22 heteroatoms. The first-order chi connectivity index (χ1) is 16.7. The van der Waals surface area contributed by atoms with Crippen molar-refractivity contribution in [1.82, 2.24) is 10.9 Å². The molecule has 2 N–H and O–H groups in total. The first kappa shape index (κ1) is 26.0. The summed E-state index contributed by atoms with van der Waals surface area (Å²) in [5.41, 5.74) is -8.55. The molecule has 0 aliphatic carbocycles. The lowest BCUT2D eigenvalue weighted by Crippen LogP contribution is -2.42. The Labute approximate surface area is 193 Å². The number of hydrogen-bond acceptors (Lipinski definition) is 14. The second kappa shape index (κ2) is 9.73. The second-order valence-corrected chi connectivity index (χ2v) is 6.11.